The van der Waals surface area contributed by atoms with Crippen LogP contribution in [0.1, 0.15) is 24.9 Å². The number of hydrogen-bond acceptors (Lipinski definition) is 4. The maximum atomic E-state index is 11.6. The number of rotatable bonds is 5. The third kappa shape index (κ3) is 4.06. The van der Waals surface area contributed by atoms with Crippen LogP contribution in [0.2, 0.25) is 0 Å². The normalized spacial score (nSPS) is 13.7. The maximum Gasteiger partial charge on any atom is 0.305 e. The van der Waals surface area contributed by atoms with Crippen LogP contribution in [0.3, 0.4) is 0 Å². The number of benzene rings is 1. The zero-order valence-corrected chi connectivity index (χ0v) is 9.96. The van der Waals surface area contributed by atoms with E-state index in [1.54, 1.807) is 19.1 Å². The predicted octanol–water partition coefficient (Wildman–Crippen LogP) is 0.371. The average molecular weight is 252 g/mol. The van der Waals surface area contributed by atoms with Gasteiger partial charge in [0.25, 0.3) is 0 Å². The Hall–Kier alpha value is -2.08. The molecule has 0 aliphatic heterocycles. The van der Waals surface area contributed by atoms with E-state index in [2.05, 4.69) is 5.32 Å². The molecule has 2 atom stereocenters. The van der Waals surface area contributed by atoms with Gasteiger partial charge in [-0.2, -0.15) is 0 Å². The van der Waals surface area contributed by atoms with Crippen LogP contribution in [0.4, 0.5) is 0 Å². The number of aromatic hydroxyl groups is 1. The van der Waals surface area contributed by atoms with Crippen LogP contribution in [0, 0.1) is 0 Å². The first kappa shape index (κ1) is 14.0. The summed E-state index contributed by atoms with van der Waals surface area (Å²) in [4.78, 5) is 22.0. The maximum absolute atomic E-state index is 11.6. The van der Waals surface area contributed by atoms with E-state index in [1.165, 1.54) is 12.1 Å². The summed E-state index contributed by atoms with van der Waals surface area (Å²) in [5.41, 5.74) is 6.15. The first-order chi connectivity index (χ1) is 8.40. The molecular formula is C12H16N2O4. The summed E-state index contributed by atoms with van der Waals surface area (Å²) in [6.07, 6.45) is -0.418. The van der Waals surface area contributed by atoms with Crippen molar-refractivity contribution in [1.82, 2.24) is 5.32 Å². The lowest BCUT2D eigenvalue weighted by molar-refractivity contribution is -0.139. The number of aliphatic carboxylic acids is 1. The lowest BCUT2D eigenvalue weighted by Crippen LogP contribution is -2.42. The smallest absolute Gasteiger partial charge is 0.305 e. The van der Waals surface area contributed by atoms with Gasteiger partial charge in [0, 0.05) is 0 Å². The number of nitrogens with one attached hydrogen (secondary N) is 1. The number of carboxylic acids is 1. The highest BCUT2D eigenvalue weighted by Gasteiger charge is 2.19. The highest BCUT2D eigenvalue weighted by molar-refractivity contribution is 5.86. The van der Waals surface area contributed by atoms with E-state index in [0.29, 0.717) is 5.56 Å². The monoisotopic (exact) mass is 252 g/mol. The Morgan fingerprint density at radius 2 is 2.11 bits per heavy atom. The van der Waals surface area contributed by atoms with E-state index in [0.717, 1.165) is 0 Å². The Morgan fingerprint density at radius 3 is 2.67 bits per heavy atom. The highest BCUT2D eigenvalue weighted by atomic mass is 16.4. The van der Waals surface area contributed by atoms with Crippen molar-refractivity contribution in [2.75, 3.05) is 0 Å². The van der Waals surface area contributed by atoms with E-state index in [9.17, 15) is 14.7 Å². The number of carboxylic acid groups (broad SMARTS) is 1. The Kier molecular flexibility index (Phi) is 4.67. The molecule has 2 unspecified atom stereocenters. The van der Waals surface area contributed by atoms with Gasteiger partial charge in [-0.05, 0) is 24.6 Å². The molecule has 0 fully saturated rings. The van der Waals surface area contributed by atoms with E-state index in [4.69, 9.17) is 10.8 Å². The Bertz CT molecular complexity index is 447. The van der Waals surface area contributed by atoms with E-state index >= 15 is 0 Å². The summed E-state index contributed by atoms with van der Waals surface area (Å²) in [7, 11) is 0. The van der Waals surface area contributed by atoms with Crippen molar-refractivity contribution in [2.45, 2.75) is 25.4 Å². The number of carbonyl (C=O) groups excluding carboxylic acids is 1. The van der Waals surface area contributed by atoms with Gasteiger partial charge in [0.2, 0.25) is 5.91 Å². The van der Waals surface area contributed by atoms with Crippen LogP contribution in [-0.2, 0) is 9.59 Å². The molecule has 1 aromatic rings. The zero-order chi connectivity index (χ0) is 13.7. The number of phenols is 1. The standard InChI is InChI=1S/C12H16N2O4/c1-7(8-3-2-4-9(15)5-8)14-12(18)10(13)6-11(16)17/h2-5,7,10,15H,6,13H2,1H3,(H,14,18)(H,16,17). The summed E-state index contributed by atoms with van der Waals surface area (Å²) in [6, 6.07) is 5.01. The molecule has 0 heterocycles. The van der Waals surface area contributed by atoms with Gasteiger partial charge >= 0.3 is 5.97 Å². The average Bonchev–Trinajstić information content (AvgIpc) is 2.27. The summed E-state index contributed by atoms with van der Waals surface area (Å²) < 4.78 is 0. The largest absolute Gasteiger partial charge is 0.508 e. The summed E-state index contributed by atoms with van der Waals surface area (Å²) >= 11 is 0. The van der Waals surface area contributed by atoms with Crippen molar-refractivity contribution in [3.8, 4) is 5.75 Å². The number of nitrogens with two attached hydrogens (primary N) is 1. The minimum atomic E-state index is -1.12. The van der Waals surface area contributed by atoms with Crippen molar-refractivity contribution >= 4 is 11.9 Å². The summed E-state index contributed by atoms with van der Waals surface area (Å²) in [6.45, 7) is 1.72. The molecule has 18 heavy (non-hydrogen) atoms. The lowest BCUT2D eigenvalue weighted by Gasteiger charge is -2.17. The predicted molar refractivity (Wildman–Crippen MR) is 64.9 cm³/mol. The van der Waals surface area contributed by atoms with Crippen molar-refractivity contribution in [3.05, 3.63) is 29.8 Å². The van der Waals surface area contributed by atoms with E-state index < -0.39 is 24.3 Å². The van der Waals surface area contributed by atoms with E-state index in [1.807, 2.05) is 0 Å². The molecule has 0 aliphatic carbocycles. The van der Waals surface area contributed by atoms with Crippen molar-refractivity contribution in [3.63, 3.8) is 0 Å². The van der Waals surface area contributed by atoms with Gasteiger partial charge in [-0.25, -0.2) is 0 Å². The van der Waals surface area contributed by atoms with Crippen LogP contribution in [0.25, 0.3) is 0 Å². The molecule has 1 rings (SSSR count). The van der Waals surface area contributed by atoms with Gasteiger partial charge in [-0.15, -0.1) is 0 Å². The minimum absolute atomic E-state index is 0.100. The fourth-order valence-corrected chi connectivity index (χ4v) is 1.48. The molecule has 0 radical (unpaired) electrons. The van der Waals surface area contributed by atoms with Crippen LogP contribution in [-0.4, -0.2) is 28.1 Å². The van der Waals surface area contributed by atoms with Gasteiger partial charge in [0.05, 0.1) is 18.5 Å². The molecule has 5 N–H and O–H groups in total. The fourth-order valence-electron chi connectivity index (χ4n) is 1.48. The molecule has 0 aromatic heterocycles. The number of carbonyl (C=O) groups is 2. The molecular weight excluding hydrogens is 236 g/mol. The third-order valence-corrected chi connectivity index (χ3v) is 2.46. The number of phenolic OH excluding ortho intramolecular Hbond substituents is 1. The topological polar surface area (TPSA) is 113 Å². The Balaban J connectivity index is 2.62. The molecule has 0 bridgehead atoms. The third-order valence-electron chi connectivity index (χ3n) is 2.46. The molecule has 0 saturated carbocycles. The minimum Gasteiger partial charge on any atom is -0.508 e. The van der Waals surface area contributed by atoms with Crippen LogP contribution in [0.5, 0.6) is 5.75 Å². The molecule has 6 nitrogen and oxygen atoms in total. The summed E-state index contributed by atoms with van der Waals surface area (Å²) in [5, 5.41) is 20.4. The second kappa shape index (κ2) is 6.02. The number of hydrogen-bond donors (Lipinski definition) is 4. The first-order valence-corrected chi connectivity index (χ1v) is 5.47. The molecule has 0 saturated heterocycles. The van der Waals surface area contributed by atoms with Crippen molar-refractivity contribution < 1.29 is 19.8 Å². The second-order valence-corrected chi connectivity index (χ2v) is 4.03. The van der Waals surface area contributed by atoms with Crippen LogP contribution in [0.15, 0.2) is 24.3 Å². The molecule has 98 valence electrons. The molecule has 6 heteroatoms. The SMILES string of the molecule is CC(NC(=O)C(N)CC(=O)O)c1cccc(O)c1. The van der Waals surface area contributed by atoms with Gasteiger partial charge in [0.15, 0.2) is 0 Å². The molecule has 1 amide bonds. The second-order valence-electron chi connectivity index (χ2n) is 4.03. The molecule has 0 spiro atoms. The van der Waals surface area contributed by atoms with Gasteiger partial charge in [0.1, 0.15) is 5.75 Å². The van der Waals surface area contributed by atoms with Crippen LogP contribution < -0.4 is 11.1 Å². The van der Waals surface area contributed by atoms with E-state index in [-0.39, 0.29) is 11.8 Å². The van der Waals surface area contributed by atoms with Crippen molar-refractivity contribution in [1.29, 1.82) is 0 Å². The van der Waals surface area contributed by atoms with Gasteiger partial charge in [-0.1, -0.05) is 12.1 Å². The van der Waals surface area contributed by atoms with Gasteiger partial charge < -0.3 is 21.3 Å². The Labute approximate surface area is 104 Å². The highest BCUT2D eigenvalue weighted by Crippen LogP contribution is 2.17. The van der Waals surface area contributed by atoms with Crippen LogP contribution >= 0.6 is 0 Å². The Morgan fingerprint density at radius 1 is 1.44 bits per heavy atom. The zero-order valence-electron chi connectivity index (χ0n) is 9.96. The fraction of sp³-hybridized carbons (Fsp3) is 0.333. The molecule has 0 aliphatic rings. The number of amides is 1. The first-order valence-electron chi connectivity index (χ1n) is 5.47. The quantitative estimate of drug-likeness (QED) is 0.604. The summed E-state index contributed by atoms with van der Waals surface area (Å²) in [5.74, 6) is -1.56. The van der Waals surface area contributed by atoms with Crippen molar-refractivity contribution in [2.24, 2.45) is 5.73 Å². The molecule has 1 aromatic carbocycles. The van der Waals surface area contributed by atoms with Gasteiger partial charge in [-0.3, -0.25) is 9.59 Å². The lowest BCUT2D eigenvalue weighted by atomic mass is 10.1.